The van der Waals surface area contributed by atoms with E-state index in [1.807, 2.05) is 0 Å². The summed E-state index contributed by atoms with van der Waals surface area (Å²) >= 11 is 0. The summed E-state index contributed by atoms with van der Waals surface area (Å²) < 4.78 is 28.3. The Hall–Kier alpha value is -1.52. The molecule has 4 aliphatic carbocycles. The molecular weight excluding hydrogens is 718 g/mol. The summed E-state index contributed by atoms with van der Waals surface area (Å²) in [6.07, 6.45) is 20.9. The number of carbonyl (C=O) groups is 2. The van der Waals surface area contributed by atoms with E-state index in [0.29, 0.717) is 18.3 Å². The summed E-state index contributed by atoms with van der Waals surface area (Å²) in [5, 5.41) is 11.9. The van der Waals surface area contributed by atoms with Gasteiger partial charge in [-0.15, -0.1) is 0 Å². The minimum atomic E-state index is -1.42. The molecule has 0 heterocycles. The zero-order chi connectivity index (χ0) is 41.8. The van der Waals surface area contributed by atoms with E-state index in [-0.39, 0.29) is 62.0 Å². The minimum Gasteiger partial charge on any atom is -0.462 e. The van der Waals surface area contributed by atoms with Gasteiger partial charge in [0.25, 0.3) is 8.53 Å². The SMILES string of the molecule is [2H]CC(COP(OCCC#N)N(C(C)C)C(C)C)NC(=O)CCCCCCC(=O)O[C@H]1CC[C@@]2(C)C(=CCC3C2CC[C@@]2(C)C3CC[C@@H]2[C@H](C)CCCC(C)C)C1. The highest BCUT2D eigenvalue weighted by atomic mass is 31.2. The van der Waals surface area contributed by atoms with Gasteiger partial charge in [0.1, 0.15) is 6.10 Å². The van der Waals surface area contributed by atoms with Crippen molar-refractivity contribution in [3.63, 3.8) is 0 Å². The number of nitriles is 1. The van der Waals surface area contributed by atoms with E-state index < -0.39 is 14.6 Å². The lowest BCUT2D eigenvalue weighted by Gasteiger charge is -2.58. The molecule has 10 atom stereocenters. The number of nitrogens with one attached hydrogen (secondary N) is 1. The Morgan fingerprint density at radius 3 is 2.36 bits per heavy atom. The van der Waals surface area contributed by atoms with Gasteiger partial charge in [-0.2, -0.15) is 5.26 Å². The molecule has 0 aromatic carbocycles. The van der Waals surface area contributed by atoms with Crippen LogP contribution in [-0.4, -0.2) is 54.0 Å². The molecule has 0 saturated heterocycles. The van der Waals surface area contributed by atoms with Crippen molar-refractivity contribution in [3.8, 4) is 6.07 Å². The van der Waals surface area contributed by atoms with Crippen LogP contribution < -0.4 is 5.32 Å². The maximum atomic E-state index is 13.0. The van der Waals surface area contributed by atoms with Crippen molar-refractivity contribution in [1.82, 2.24) is 9.99 Å². The first-order chi connectivity index (χ1) is 27.1. The largest absolute Gasteiger partial charge is 0.462 e. The van der Waals surface area contributed by atoms with Crippen LogP contribution in [0.25, 0.3) is 0 Å². The molecule has 0 spiro atoms. The van der Waals surface area contributed by atoms with Crippen LogP contribution in [0, 0.1) is 57.7 Å². The minimum absolute atomic E-state index is 0.00175. The highest BCUT2D eigenvalue weighted by Gasteiger charge is 2.59. The number of ether oxygens (including phenoxy) is 1. The molecule has 3 saturated carbocycles. The summed E-state index contributed by atoms with van der Waals surface area (Å²) in [4.78, 5) is 25.7. The van der Waals surface area contributed by atoms with Gasteiger partial charge in [0.15, 0.2) is 0 Å². The summed E-state index contributed by atoms with van der Waals surface area (Å²) in [6.45, 7) is 21.3. The number of carbonyl (C=O) groups excluding carboxylic acids is 2. The fourth-order valence-corrected chi connectivity index (χ4v) is 13.4. The van der Waals surface area contributed by atoms with Crippen LogP contribution in [0.1, 0.15) is 186 Å². The van der Waals surface area contributed by atoms with Gasteiger partial charge in [0.2, 0.25) is 5.91 Å². The van der Waals surface area contributed by atoms with E-state index in [2.05, 4.69) is 84.4 Å². The molecule has 3 fully saturated rings. The molecule has 320 valence electrons. The fourth-order valence-electron chi connectivity index (χ4n) is 11.7. The summed E-state index contributed by atoms with van der Waals surface area (Å²) in [5.74, 6) is 4.82. The Labute approximate surface area is 345 Å². The van der Waals surface area contributed by atoms with Crippen molar-refractivity contribution in [2.24, 2.45) is 46.3 Å². The lowest BCUT2D eigenvalue weighted by Crippen LogP contribution is -2.51. The maximum absolute atomic E-state index is 13.0. The molecule has 0 aromatic rings. The zero-order valence-electron chi connectivity index (χ0n) is 38.1. The van der Waals surface area contributed by atoms with Crippen LogP contribution in [0.5, 0.6) is 0 Å². The molecule has 56 heavy (non-hydrogen) atoms. The Balaban J connectivity index is 1.14. The third kappa shape index (κ3) is 12.5. The second kappa shape index (κ2) is 22.2. The third-order valence-corrected chi connectivity index (χ3v) is 16.6. The zero-order valence-corrected chi connectivity index (χ0v) is 38.0. The summed E-state index contributed by atoms with van der Waals surface area (Å²) in [5.41, 5.74) is 2.33. The number of rotatable bonds is 23. The van der Waals surface area contributed by atoms with Crippen molar-refractivity contribution in [2.75, 3.05) is 13.2 Å². The molecule has 0 radical (unpaired) electrons. The fraction of sp³-hybridized carbons (Fsp3) is 0.894. The monoisotopic (exact) mass is 801 g/mol. The molecule has 4 rings (SSSR count). The maximum Gasteiger partial charge on any atom is 0.306 e. The molecule has 8 nitrogen and oxygen atoms in total. The van der Waals surface area contributed by atoms with E-state index in [9.17, 15) is 9.59 Å². The third-order valence-electron chi connectivity index (χ3n) is 14.5. The average Bonchev–Trinajstić information content (AvgIpc) is 3.51. The van der Waals surface area contributed by atoms with E-state index in [1.165, 1.54) is 51.4 Å². The Morgan fingerprint density at radius 1 is 0.946 bits per heavy atom. The van der Waals surface area contributed by atoms with E-state index in [0.717, 1.165) is 80.5 Å². The number of hydrogen-bond donors (Lipinski definition) is 1. The van der Waals surface area contributed by atoms with Gasteiger partial charge in [0, 0.05) is 38.8 Å². The topological polar surface area (TPSA) is 101 Å². The van der Waals surface area contributed by atoms with Crippen molar-refractivity contribution >= 4 is 20.4 Å². The molecule has 0 aliphatic heterocycles. The number of amides is 1. The van der Waals surface area contributed by atoms with Gasteiger partial charge in [0.05, 0.1) is 25.7 Å². The number of unbranched alkanes of at least 4 members (excludes halogenated alkanes) is 3. The first-order valence-electron chi connectivity index (χ1n) is 23.5. The van der Waals surface area contributed by atoms with E-state index in [1.54, 1.807) is 5.57 Å². The van der Waals surface area contributed by atoms with Crippen LogP contribution >= 0.6 is 8.53 Å². The average molecular weight is 801 g/mol. The first-order valence-corrected chi connectivity index (χ1v) is 24.0. The molecule has 1 amide bonds. The molecule has 9 heteroatoms. The van der Waals surface area contributed by atoms with Gasteiger partial charge in [-0.3, -0.25) is 9.59 Å². The smallest absolute Gasteiger partial charge is 0.306 e. The predicted octanol–water partition coefficient (Wildman–Crippen LogP) is 12.1. The number of nitrogens with zero attached hydrogens (tertiary/aromatic N) is 2. The molecule has 4 aliphatic rings. The van der Waals surface area contributed by atoms with Crippen molar-refractivity contribution < 1.29 is 24.7 Å². The van der Waals surface area contributed by atoms with Gasteiger partial charge >= 0.3 is 5.97 Å². The van der Waals surface area contributed by atoms with Crippen LogP contribution in [0.3, 0.4) is 0 Å². The molecule has 0 bridgehead atoms. The lowest BCUT2D eigenvalue weighted by atomic mass is 9.47. The summed E-state index contributed by atoms with van der Waals surface area (Å²) in [7, 11) is -1.42. The van der Waals surface area contributed by atoms with Crippen LogP contribution in [0.15, 0.2) is 11.6 Å². The van der Waals surface area contributed by atoms with E-state index in [4.69, 9.17) is 20.4 Å². The van der Waals surface area contributed by atoms with Crippen molar-refractivity contribution in [1.29, 1.82) is 5.26 Å². The highest BCUT2D eigenvalue weighted by Crippen LogP contribution is 2.67. The van der Waals surface area contributed by atoms with Gasteiger partial charge in [-0.05, 0) is 139 Å². The molecule has 0 aromatic heterocycles. The Bertz CT molecular complexity index is 1330. The number of esters is 1. The van der Waals surface area contributed by atoms with Gasteiger partial charge < -0.3 is 19.1 Å². The van der Waals surface area contributed by atoms with Crippen molar-refractivity contribution in [3.05, 3.63) is 11.6 Å². The van der Waals surface area contributed by atoms with Crippen molar-refractivity contribution in [2.45, 2.75) is 209 Å². The van der Waals surface area contributed by atoms with Gasteiger partial charge in [-0.25, -0.2) is 4.67 Å². The molecular formula is C47H82N3O5P. The standard InChI is InChI=1S/C47H82N3O5P/c1-33(2)17-15-18-36(7)41-23-24-42-40-22-21-38-31-39(25-27-46(38,9)43(40)26-28-47(41,42)10)55-45(52)20-14-12-11-13-19-44(51)49-37(8)32-54-56(53-30-16-29-48)50(34(3)4)35(5)6/h21,33-37,39-43H,11-20,22-28,30-32H2,1-10H3,(H,49,51)/t36-,37?,39+,40?,41-,42?,43?,46+,47-,56?/m1/s1/i8D. The Kier molecular flexibility index (Phi) is 18.1. The lowest BCUT2D eigenvalue weighted by molar-refractivity contribution is -0.151. The van der Waals surface area contributed by atoms with Crippen LogP contribution in [-0.2, 0) is 23.4 Å². The quantitative estimate of drug-likeness (QED) is 0.0475. The molecule has 1 N–H and O–H groups in total. The molecule has 5 unspecified atom stereocenters. The van der Waals surface area contributed by atoms with Crippen LogP contribution in [0.2, 0.25) is 0 Å². The Morgan fingerprint density at radius 2 is 1.68 bits per heavy atom. The first kappa shape index (κ1) is 45.6. The second-order valence-corrected chi connectivity index (χ2v) is 21.1. The summed E-state index contributed by atoms with van der Waals surface area (Å²) in [6, 6.07) is 2.04. The highest BCUT2D eigenvalue weighted by molar-refractivity contribution is 7.44. The van der Waals surface area contributed by atoms with Crippen LogP contribution in [0.4, 0.5) is 0 Å². The normalized spacial score (nSPS) is 30.5. The number of fused-ring (bicyclic) bond motifs is 5. The second-order valence-electron chi connectivity index (χ2n) is 19.7. The van der Waals surface area contributed by atoms with Gasteiger partial charge in [-0.1, -0.05) is 78.4 Å². The predicted molar refractivity (Wildman–Crippen MR) is 229 cm³/mol. The van der Waals surface area contributed by atoms with E-state index >= 15 is 0 Å². The number of allylic oxidation sites excluding steroid dienone is 1. The number of hydrogen-bond acceptors (Lipinski definition) is 7.